The van der Waals surface area contributed by atoms with E-state index in [1.54, 1.807) is 12.1 Å². The smallest absolute Gasteiger partial charge is 0.315 e. The minimum absolute atomic E-state index is 0.129. The van der Waals surface area contributed by atoms with Gasteiger partial charge in [0.15, 0.2) is 0 Å². The summed E-state index contributed by atoms with van der Waals surface area (Å²) in [6.07, 6.45) is 2.85. The Morgan fingerprint density at radius 3 is 2.41 bits per heavy atom. The van der Waals surface area contributed by atoms with E-state index in [2.05, 4.69) is 85.9 Å². The van der Waals surface area contributed by atoms with Gasteiger partial charge in [-0.25, -0.2) is 13.9 Å². The predicted octanol–water partition coefficient (Wildman–Crippen LogP) is 8.53. The minimum Gasteiger partial charge on any atom is -0.338 e. The molecule has 0 aliphatic heterocycles. The van der Waals surface area contributed by atoms with Crippen molar-refractivity contribution in [1.29, 1.82) is 0 Å². The lowest BCUT2D eigenvalue weighted by Gasteiger charge is -2.36. The molecule has 212 valence electrons. The van der Waals surface area contributed by atoms with Crippen molar-refractivity contribution in [2.75, 3.05) is 6.54 Å². The van der Waals surface area contributed by atoms with Crippen LogP contribution in [-0.2, 0) is 0 Å². The molecule has 0 radical (unpaired) electrons. The average molecular weight is 551 g/mol. The van der Waals surface area contributed by atoms with Gasteiger partial charge in [0.25, 0.3) is 0 Å². The van der Waals surface area contributed by atoms with Crippen molar-refractivity contribution >= 4 is 27.7 Å². The largest absolute Gasteiger partial charge is 0.338 e. The molecule has 1 aromatic heterocycles. The van der Waals surface area contributed by atoms with E-state index in [4.69, 9.17) is 0 Å². The zero-order chi connectivity index (χ0) is 29.1. The first-order valence-electron chi connectivity index (χ1n) is 14.4. The number of hydrogen-bond donors (Lipinski definition) is 2. The summed E-state index contributed by atoms with van der Waals surface area (Å²) in [7, 11) is 0. The number of amides is 2. The van der Waals surface area contributed by atoms with Gasteiger partial charge in [0.05, 0.1) is 23.4 Å². The number of urea groups is 1. The van der Waals surface area contributed by atoms with E-state index in [0.717, 1.165) is 39.3 Å². The van der Waals surface area contributed by atoms with E-state index in [9.17, 15) is 9.18 Å². The van der Waals surface area contributed by atoms with Crippen LogP contribution in [0.25, 0.3) is 27.4 Å². The van der Waals surface area contributed by atoms with Crippen LogP contribution >= 0.6 is 0 Å². The van der Waals surface area contributed by atoms with Crippen molar-refractivity contribution in [3.63, 3.8) is 0 Å². The summed E-state index contributed by atoms with van der Waals surface area (Å²) in [4.78, 5) is 13.1. The van der Waals surface area contributed by atoms with Crippen molar-refractivity contribution in [2.45, 2.75) is 53.0 Å². The third-order valence-corrected chi connectivity index (χ3v) is 8.06. The van der Waals surface area contributed by atoms with E-state index in [-0.39, 0.29) is 29.2 Å². The Kier molecular flexibility index (Phi) is 8.11. The van der Waals surface area contributed by atoms with Gasteiger partial charge in [0.2, 0.25) is 0 Å². The number of hydrogen-bond acceptors (Lipinski definition) is 2. The van der Waals surface area contributed by atoms with Crippen molar-refractivity contribution in [2.24, 2.45) is 11.3 Å². The second kappa shape index (κ2) is 11.7. The average Bonchev–Trinajstić information content (AvgIpc) is 3.38. The molecule has 6 heteroatoms. The van der Waals surface area contributed by atoms with Crippen LogP contribution in [0.15, 0.2) is 91.1 Å². The Morgan fingerprint density at radius 2 is 1.66 bits per heavy atom. The van der Waals surface area contributed by atoms with Crippen LogP contribution in [0, 0.1) is 17.2 Å². The summed E-state index contributed by atoms with van der Waals surface area (Å²) in [5.41, 5.74) is 3.92. The monoisotopic (exact) mass is 550 g/mol. The molecule has 5 aromatic rings. The molecule has 1 heterocycles. The number of carbonyl (C=O) groups excluding carboxylic acids is 1. The van der Waals surface area contributed by atoms with Crippen molar-refractivity contribution < 1.29 is 9.18 Å². The fraction of sp³-hybridized carbons (Fsp3) is 0.314. The first-order chi connectivity index (χ1) is 19.6. The van der Waals surface area contributed by atoms with Gasteiger partial charge >= 0.3 is 6.03 Å². The Morgan fingerprint density at radius 1 is 0.927 bits per heavy atom. The number of halogens is 1. The number of nitrogens with zero attached hydrogens (tertiary/aromatic N) is 2. The summed E-state index contributed by atoms with van der Waals surface area (Å²) in [6.45, 7) is 11.5. The number of benzene rings is 4. The van der Waals surface area contributed by atoms with Gasteiger partial charge in [-0.3, -0.25) is 0 Å². The third-order valence-electron chi connectivity index (χ3n) is 8.06. The van der Waals surface area contributed by atoms with Gasteiger partial charge in [-0.15, -0.1) is 0 Å². The highest BCUT2D eigenvalue weighted by Crippen LogP contribution is 2.41. The summed E-state index contributed by atoms with van der Waals surface area (Å²) in [5.74, 6) is 0.436. The molecule has 2 N–H and O–H groups in total. The number of fused-ring (bicyclic) bond motifs is 2. The Balaban J connectivity index is 1.31. The molecule has 0 aliphatic rings. The molecule has 2 amide bonds. The van der Waals surface area contributed by atoms with Crippen LogP contribution in [0.5, 0.6) is 0 Å². The Labute approximate surface area is 241 Å². The first-order valence-corrected chi connectivity index (χ1v) is 14.4. The molecule has 1 unspecified atom stereocenters. The molecule has 5 rings (SSSR count). The molecule has 0 aliphatic carbocycles. The summed E-state index contributed by atoms with van der Waals surface area (Å²) < 4.78 is 15.3. The van der Waals surface area contributed by atoms with E-state index in [0.29, 0.717) is 12.5 Å². The molecule has 0 fully saturated rings. The van der Waals surface area contributed by atoms with Gasteiger partial charge in [0, 0.05) is 11.9 Å². The molecular weight excluding hydrogens is 511 g/mol. The topological polar surface area (TPSA) is 59.0 Å². The lowest BCUT2D eigenvalue weighted by atomic mass is 9.71. The highest BCUT2D eigenvalue weighted by atomic mass is 19.1. The third kappa shape index (κ3) is 6.27. The molecule has 5 nitrogen and oxygen atoms in total. The van der Waals surface area contributed by atoms with Crippen LogP contribution in [0.2, 0.25) is 0 Å². The van der Waals surface area contributed by atoms with Crippen molar-refractivity contribution in [3.8, 4) is 5.69 Å². The van der Waals surface area contributed by atoms with Crippen LogP contribution in [0.3, 0.4) is 0 Å². The van der Waals surface area contributed by atoms with Crippen molar-refractivity contribution in [3.05, 3.63) is 108 Å². The Bertz CT molecular complexity index is 1650. The number of nitrogens with one attached hydrogen (secondary N) is 2. The highest BCUT2D eigenvalue weighted by Gasteiger charge is 2.32. The van der Waals surface area contributed by atoms with Crippen molar-refractivity contribution in [1.82, 2.24) is 20.4 Å². The fourth-order valence-corrected chi connectivity index (χ4v) is 5.82. The highest BCUT2D eigenvalue weighted by molar-refractivity contribution is 5.87. The van der Waals surface area contributed by atoms with Gasteiger partial charge in [0.1, 0.15) is 5.82 Å². The van der Waals surface area contributed by atoms with Crippen LogP contribution in [0.1, 0.15) is 64.1 Å². The quantitative estimate of drug-likeness (QED) is 0.193. The maximum absolute atomic E-state index is 13.4. The lowest BCUT2D eigenvalue weighted by Crippen LogP contribution is -2.43. The summed E-state index contributed by atoms with van der Waals surface area (Å²) in [6, 6.07) is 27.0. The second-order valence-corrected chi connectivity index (χ2v) is 12.1. The normalized spacial score (nSPS) is 13.4. The second-order valence-electron chi connectivity index (χ2n) is 12.1. The van der Waals surface area contributed by atoms with Gasteiger partial charge < -0.3 is 10.6 Å². The Hall–Kier alpha value is -4.19. The standard InChI is InChI=1S/C35H39FN4O/c1-23(2)19-32(26-13-18-33-27(20-26)21-38-40(33)29-16-14-28(36)15-17-29)35(4,5)22-37-34(41)39-24(3)30-12-8-10-25-9-6-7-11-31(25)30/h6-18,20-21,23-24,32H,19,22H2,1-5H3,(H2,37,39,41)/t24-,32?/m0/s1. The molecule has 0 spiro atoms. The molecule has 0 saturated carbocycles. The van der Waals surface area contributed by atoms with E-state index < -0.39 is 0 Å². The SMILES string of the molecule is CC(C)CC(c1ccc2c(cnn2-c2ccc(F)cc2)c1)C(C)(C)CNC(=O)N[C@@H](C)c1cccc2ccccc12. The molecular formula is C35H39FN4O. The van der Waals surface area contributed by atoms with Gasteiger partial charge in [-0.05, 0) is 88.9 Å². The molecule has 0 bridgehead atoms. The minimum atomic E-state index is -0.267. The molecule has 41 heavy (non-hydrogen) atoms. The molecule has 2 atom stereocenters. The number of carbonyl (C=O) groups is 1. The maximum Gasteiger partial charge on any atom is 0.315 e. The summed E-state index contributed by atoms with van der Waals surface area (Å²) in [5, 5.41) is 14.2. The fourth-order valence-electron chi connectivity index (χ4n) is 5.82. The first kappa shape index (κ1) is 28.3. The van der Waals surface area contributed by atoms with E-state index >= 15 is 0 Å². The zero-order valence-electron chi connectivity index (χ0n) is 24.5. The van der Waals surface area contributed by atoms with Crippen LogP contribution in [-0.4, -0.2) is 22.4 Å². The molecule has 0 saturated heterocycles. The number of aromatic nitrogens is 2. The van der Waals surface area contributed by atoms with Gasteiger partial charge in [-0.2, -0.15) is 5.10 Å². The maximum atomic E-state index is 13.4. The predicted molar refractivity (Wildman–Crippen MR) is 166 cm³/mol. The zero-order valence-corrected chi connectivity index (χ0v) is 24.5. The molecule has 4 aromatic carbocycles. The van der Waals surface area contributed by atoms with E-state index in [1.807, 2.05) is 36.0 Å². The number of rotatable bonds is 9. The summed E-state index contributed by atoms with van der Waals surface area (Å²) >= 11 is 0. The lowest BCUT2D eigenvalue weighted by molar-refractivity contribution is 0.215. The van der Waals surface area contributed by atoms with E-state index in [1.165, 1.54) is 17.7 Å². The van der Waals surface area contributed by atoms with Crippen LogP contribution in [0.4, 0.5) is 9.18 Å². The van der Waals surface area contributed by atoms with Crippen LogP contribution < -0.4 is 10.6 Å². The van der Waals surface area contributed by atoms with Gasteiger partial charge in [-0.1, -0.05) is 76.2 Å².